The summed E-state index contributed by atoms with van der Waals surface area (Å²) in [6.45, 7) is 4.09. The van der Waals surface area contributed by atoms with Crippen molar-refractivity contribution < 1.29 is 13.2 Å². The maximum Gasteiger partial charge on any atom is 0.244 e. The Morgan fingerprint density at radius 3 is 2.39 bits per heavy atom. The van der Waals surface area contributed by atoms with Gasteiger partial charge in [-0.25, -0.2) is 8.42 Å². The molecule has 2 fully saturated rings. The zero-order valence-corrected chi connectivity index (χ0v) is 12.1. The number of rotatable bonds is 3. The van der Waals surface area contributed by atoms with E-state index < -0.39 is 20.1 Å². The van der Waals surface area contributed by atoms with Crippen molar-refractivity contribution in [2.45, 2.75) is 49.8 Å². The van der Waals surface area contributed by atoms with E-state index in [4.69, 9.17) is 0 Å². The summed E-state index contributed by atoms with van der Waals surface area (Å²) < 4.78 is 22.5. The largest absolute Gasteiger partial charge is 0.327 e. The van der Waals surface area contributed by atoms with E-state index >= 15 is 0 Å². The molecular weight excluding hydrogens is 252 g/mol. The quantitative estimate of drug-likeness (QED) is 0.814. The van der Waals surface area contributed by atoms with Crippen LogP contribution < -0.4 is 5.32 Å². The van der Waals surface area contributed by atoms with Crippen LogP contribution in [0.5, 0.6) is 0 Å². The molecule has 1 amide bonds. The molecule has 2 rings (SSSR count). The summed E-state index contributed by atoms with van der Waals surface area (Å²) in [5.41, 5.74) is -0.395. The summed E-state index contributed by atoms with van der Waals surface area (Å²) in [7, 11) is -3.17. The van der Waals surface area contributed by atoms with Crippen molar-refractivity contribution in [3.8, 4) is 0 Å². The van der Waals surface area contributed by atoms with Crippen LogP contribution in [0.2, 0.25) is 0 Å². The molecule has 1 spiro atoms. The average molecular weight is 274 g/mol. The van der Waals surface area contributed by atoms with Crippen LogP contribution in [-0.2, 0) is 14.6 Å². The second-order valence-corrected chi connectivity index (χ2v) is 8.81. The fraction of sp³-hybridized carbons (Fsp3) is 0.917. The number of nitrogens with one attached hydrogen (secondary N) is 1. The highest BCUT2D eigenvalue weighted by molar-refractivity contribution is 7.92. The van der Waals surface area contributed by atoms with E-state index in [1.54, 1.807) is 18.7 Å². The van der Waals surface area contributed by atoms with Crippen LogP contribution in [0.25, 0.3) is 0 Å². The predicted octanol–water partition coefficient (Wildman–Crippen LogP) is 0.512. The number of nitrogens with zero attached hydrogens (tertiary/aromatic N) is 1. The molecule has 1 aliphatic heterocycles. The molecule has 0 aromatic rings. The summed E-state index contributed by atoms with van der Waals surface area (Å²) in [6.07, 6.45) is 5.12. The maximum atomic E-state index is 12.4. The van der Waals surface area contributed by atoms with Crippen molar-refractivity contribution in [1.29, 1.82) is 0 Å². The molecule has 1 saturated carbocycles. The minimum absolute atomic E-state index is 0.0803. The standard InChI is InChI=1S/C12H22N2O3S/c1-11(2,18(3,16)17)8-14-9-13-12(10(14)15)6-4-5-7-12/h13H,4-9H2,1-3H3. The molecule has 0 bridgehead atoms. The Morgan fingerprint density at radius 2 is 1.89 bits per heavy atom. The summed E-state index contributed by atoms with van der Waals surface area (Å²) >= 11 is 0. The molecule has 0 atom stereocenters. The average Bonchev–Trinajstić information content (AvgIpc) is 2.80. The molecule has 6 heteroatoms. The third-order valence-electron chi connectivity index (χ3n) is 4.34. The molecule has 1 N–H and O–H groups in total. The van der Waals surface area contributed by atoms with Crippen LogP contribution in [0, 0.1) is 0 Å². The highest BCUT2D eigenvalue weighted by Gasteiger charge is 2.49. The fourth-order valence-corrected chi connectivity index (χ4v) is 3.16. The van der Waals surface area contributed by atoms with Gasteiger partial charge in [0.15, 0.2) is 9.84 Å². The van der Waals surface area contributed by atoms with Gasteiger partial charge in [0.1, 0.15) is 0 Å². The molecule has 0 radical (unpaired) electrons. The summed E-state index contributed by atoms with van der Waals surface area (Å²) in [5, 5.41) is 3.29. The monoisotopic (exact) mass is 274 g/mol. The van der Waals surface area contributed by atoms with Gasteiger partial charge in [0, 0.05) is 12.8 Å². The second kappa shape index (κ2) is 4.20. The van der Waals surface area contributed by atoms with Gasteiger partial charge in [0.2, 0.25) is 5.91 Å². The minimum atomic E-state index is -3.17. The van der Waals surface area contributed by atoms with Gasteiger partial charge in [-0.1, -0.05) is 12.8 Å². The lowest BCUT2D eigenvalue weighted by Crippen LogP contribution is -2.48. The maximum absolute atomic E-state index is 12.4. The van der Waals surface area contributed by atoms with Crippen molar-refractivity contribution >= 4 is 15.7 Å². The number of carbonyl (C=O) groups is 1. The number of carbonyl (C=O) groups excluding carboxylic acids is 1. The molecule has 1 saturated heterocycles. The Bertz CT molecular complexity index is 450. The van der Waals surface area contributed by atoms with Crippen LogP contribution in [-0.4, -0.2) is 49.0 Å². The first-order valence-corrected chi connectivity index (χ1v) is 8.31. The molecular formula is C12H22N2O3S. The Hall–Kier alpha value is -0.620. The second-order valence-electron chi connectivity index (χ2n) is 6.16. The molecule has 104 valence electrons. The molecule has 2 aliphatic rings. The lowest BCUT2D eigenvalue weighted by atomic mass is 9.98. The Balaban J connectivity index is 2.11. The van der Waals surface area contributed by atoms with E-state index in [1.165, 1.54) is 6.26 Å². The van der Waals surface area contributed by atoms with Crippen molar-refractivity contribution in [2.75, 3.05) is 19.5 Å². The zero-order chi connectivity index (χ0) is 13.6. The zero-order valence-electron chi connectivity index (χ0n) is 11.3. The number of hydrogen-bond acceptors (Lipinski definition) is 4. The van der Waals surface area contributed by atoms with E-state index in [9.17, 15) is 13.2 Å². The van der Waals surface area contributed by atoms with Crippen LogP contribution in [0.3, 0.4) is 0 Å². The van der Waals surface area contributed by atoms with E-state index in [-0.39, 0.29) is 12.5 Å². The summed E-state index contributed by atoms with van der Waals surface area (Å²) in [5.74, 6) is 0.0803. The Labute approximate surface area is 109 Å². The highest BCUT2D eigenvalue weighted by atomic mass is 32.2. The van der Waals surface area contributed by atoms with Crippen molar-refractivity contribution in [3.63, 3.8) is 0 Å². The molecule has 0 unspecified atom stereocenters. The number of hydrogen-bond donors (Lipinski definition) is 1. The van der Waals surface area contributed by atoms with Crippen LogP contribution in [0.1, 0.15) is 39.5 Å². The van der Waals surface area contributed by atoms with Gasteiger partial charge < -0.3 is 4.90 Å². The molecule has 0 aromatic carbocycles. The minimum Gasteiger partial charge on any atom is -0.327 e. The molecule has 5 nitrogen and oxygen atoms in total. The predicted molar refractivity (Wildman–Crippen MR) is 69.8 cm³/mol. The van der Waals surface area contributed by atoms with Gasteiger partial charge in [0.05, 0.1) is 17.0 Å². The van der Waals surface area contributed by atoms with Crippen LogP contribution in [0.15, 0.2) is 0 Å². The van der Waals surface area contributed by atoms with Crippen LogP contribution >= 0.6 is 0 Å². The van der Waals surface area contributed by atoms with Gasteiger partial charge in [-0.2, -0.15) is 0 Å². The Morgan fingerprint density at radius 1 is 1.33 bits per heavy atom. The lowest BCUT2D eigenvalue weighted by molar-refractivity contribution is -0.132. The third-order valence-corrected chi connectivity index (χ3v) is 6.47. The Kier molecular flexibility index (Phi) is 3.22. The highest BCUT2D eigenvalue weighted by Crippen LogP contribution is 2.35. The third kappa shape index (κ3) is 2.16. The molecule has 1 heterocycles. The van der Waals surface area contributed by atoms with Crippen molar-refractivity contribution in [1.82, 2.24) is 10.2 Å². The SMILES string of the molecule is CC(C)(CN1CNC2(CCCC2)C1=O)S(C)(=O)=O. The topological polar surface area (TPSA) is 66.5 Å². The van der Waals surface area contributed by atoms with E-state index in [0.717, 1.165) is 25.7 Å². The normalized spacial score (nSPS) is 24.2. The van der Waals surface area contributed by atoms with Crippen molar-refractivity contribution in [3.05, 3.63) is 0 Å². The number of amides is 1. The van der Waals surface area contributed by atoms with Gasteiger partial charge >= 0.3 is 0 Å². The summed E-state index contributed by atoms with van der Waals surface area (Å²) in [6, 6.07) is 0. The van der Waals surface area contributed by atoms with E-state index in [0.29, 0.717) is 6.67 Å². The number of sulfone groups is 1. The fourth-order valence-electron chi connectivity index (χ4n) is 2.77. The molecule has 18 heavy (non-hydrogen) atoms. The van der Waals surface area contributed by atoms with Gasteiger partial charge in [0.25, 0.3) is 0 Å². The molecule has 1 aliphatic carbocycles. The van der Waals surface area contributed by atoms with Crippen LogP contribution in [0.4, 0.5) is 0 Å². The van der Waals surface area contributed by atoms with E-state index in [2.05, 4.69) is 5.32 Å². The van der Waals surface area contributed by atoms with E-state index in [1.807, 2.05) is 0 Å². The first kappa shape index (κ1) is 13.8. The van der Waals surface area contributed by atoms with Gasteiger partial charge in [-0.15, -0.1) is 0 Å². The van der Waals surface area contributed by atoms with Gasteiger partial charge in [-0.3, -0.25) is 10.1 Å². The van der Waals surface area contributed by atoms with Gasteiger partial charge in [-0.05, 0) is 26.7 Å². The lowest BCUT2D eigenvalue weighted by Gasteiger charge is -2.29. The summed E-state index contributed by atoms with van der Waals surface area (Å²) in [4.78, 5) is 14.1. The smallest absolute Gasteiger partial charge is 0.244 e. The first-order valence-electron chi connectivity index (χ1n) is 6.42. The first-order chi connectivity index (χ1) is 8.18. The van der Waals surface area contributed by atoms with Crippen molar-refractivity contribution in [2.24, 2.45) is 0 Å². The molecule has 0 aromatic heterocycles.